The Balaban J connectivity index is 1.59. The molecular weight excluding hydrogens is 427 g/mol. The maximum atomic E-state index is 15.5. The first kappa shape index (κ1) is 20.7. The summed E-state index contributed by atoms with van der Waals surface area (Å²) in [6.07, 6.45) is 1.40. The van der Waals surface area contributed by atoms with Crippen LogP contribution in [0, 0.1) is 0 Å². The number of alkyl halides is 1. The van der Waals surface area contributed by atoms with Crippen LogP contribution in [0.5, 0.6) is 0 Å². The van der Waals surface area contributed by atoms with Gasteiger partial charge in [0.2, 0.25) is 0 Å². The van der Waals surface area contributed by atoms with Gasteiger partial charge in [0.05, 0.1) is 11.8 Å². The van der Waals surface area contributed by atoms with Crippen LogP contribution in [0.15, 0.2) is 47.1 Å². The first-order chi connectivity index (χ1) is 13.4. The van der Waals surface area contributed by atoms with E-state index in [2.05, 4.69) is 20.9 Å². The molecule has 1 aromatic heterocycles. The molecule has 5 nitrogen and oxygen atoms in total. The molecule has 1 amide bonds. The Kier molecular flexibility index (Phi) is 6.67. The highest BCUT2D eigenvalue weighted by Crippen LogP contribution is 2.39. The Morgan fingerprint density at radius 2 is 2.00 bits per heavy atom. The minimum absolute atomic E-state index is 0.180. The molecular formula is C21H24BrFN2O3. The van der Waals surface area contributed by atoms with Crippen LogP contribution in [-0.4, -0.2) is 36.2 Å². The first-order valence-electron chi connectivity index (χ1n) is 9.26. The van der Waals surface area contributed by atoms with Crippen molar-refractivity contribution in [3.8, 4) is 0 Å². The lowest BCUT2D eigenvalue weighted by Gasteiger charge is -2.36. The van der Waals surface area contributed by atoms with Crippen LogP contribution in [0.2, 0.25) is 0 Å². The van der Waals surface area contributed by atoms with Gasteiger partial charge in [0.25, 0.3) is 0 Å². The lowest BCUT2D eigenvalue weighted by Crippen LogP contribution is -2.43. The molecule has 2 heterocycles. The van der Waals surface area contributed by atoms with Gasteiger partial charge < -0.3 is 14.4 Å². The standard InChI is InChI=1S/C21H24BrFN2O3/c1-15(27-2)19-18(22)12-17(13-24-19)21(23)8-10-25(11-9-21)20(26)28-14-16-6-4-3-5-7-16/h3-7,12-13,15H,8-11,14H2,1-2H3/t15-/m0/s1. The SMILES string of the molecule is CO[C@@H](C)c1ncc(C2(F)CCN(C(=O)OCc3ccccc3)CC2)cc1Br. The van der Waals surface area contributed by atoms with Crippen molar-refractivity contribution in [3.63, 3.8) is 0 Å². The number of benzene rings is 1. The number of likely N-dealkylation sites (tertiary alicyclic amines) is 1. The highest BCUT2D eigenvalue weighted by atomic mass is 79.9. The van der Waals surface area contributed by atoms with Gasteiger partial charge in [0.15, 0.2) is 0 Å². The average Bonchev–Trinajstić information content (AvgIpc) is 2.72. The van der Waals surface area contributed by atoms with E-state index < -0.39 is 11.8 Å². The number of halogens is 2. The van der Waals surface area contributed by atoms with Crippen LogP contribution in [0.1, 0.15) is 42.7 Å². The molecule has 0 N–H and O–H groups in total. The molecule has 1 aliphatic rings. The second-order valence-electron chi connectivity index (χ2n) is 6.96. The van der Waals surface area contributed by atoms with E-state index in [4.69, 9.17) is 9.47 Å². The van der Waals surface area contributed by atoms with Gasteiger partial charge in [0, 0.05) is 49.3 Å². The van der Waals surface area contributed by atoms with Crippen molar-refractivity contribution >= 4 is 22.0 Å². The van der Waals surface area contributed by atoms with E-state index in [-0.39, 0.29) is 25.6 Å². The van der Waals surface area contributed by atoms with E-state index in [0.29, 0.717) is 18.7 Å². The maximum absolute atomic E-state index is 15.5. The van der Waals surface area contributed by atoms with Gasteiger partial charge in [-0.3, -0.25) is 4.98 Å². The predicted molar refractivity (Wildman–Crippen MR) is 108 cm³/mol. The van der Waals surface area contributed by atoms with Crippen LogP contribution in [0.25, 0.3) is 0 Å². The molecule has 0 saturated carbocycles. The number of piperidine rings is 1. The summed E-state index contributed by atoms with van der Waals surface area (Å²) in [6.45, 7) is 2.71. The Labute approximate surface area is 173 Å². The third-order valence-corrected chi connectivity index (χ3v) is 5.78. The number of pyridine rings is 1. The fraction of sp³-hybridized carbons (Fsp3) is 0.429. The van der Waals surface area contributed by atoms with E-state index in [0.717, 1.165) is 15.7 Å². The third-order valence-electron chi connectivity index (χ3n) is 5.14. The minimum Gasteiger partial charge on any atom is -0.445 e. The van der Waals surface area contributed by atoms with Gasteiger partial charge in [-0.05, 0) is 34.5 Å². The van der Waals surface area contributed by atoms with Gasteiger partial charge in [-0.25, -0.2) is 9.18 Å². The number of aromatic nitrogens is 1. The quantitative estimate of drug-likeness (QED) is 0.631. The van der Waals surface area contributed by atoms with E-state index in [1.807, 2.05) is 37.3 Å². The minimum atomic E-state index is -1.51. The summed E-state index contributed by atoms with van der Waals surface area (Å²) in [5.74, 6) is 0. The summed E-state index contributed by atoms with van der Waals surface area (Å²) >= 11 is 3.46. The monoisotopic (exact) mass is 450 g/mol. The maximum Gasteiger partial charge on any atom is 0.410 e. The Bertz CT molecular complexity index is 811. The van der Waals surface area contributed by atoms with Crippen molar-refractivity contribution in [2.75, 3.05) is 20.2 Å². The van der Waals surface area contributed by atoms with Crippen molar-refractivity contribution in [1.82, 2.24) is 9.88 Å². The first-order valence-corrected chi connectivity index (χ1v) is 10.1. The van der Waals surface area contributed by atoms with E-state index >= 15 is 4.39 Å². The molecule has 1 aromatic carbocycles. The van der Waals surface area contributed by atoms with Gasteiger partial charge in [-0.2, -0.15) is 0 Å². The smallest absolute Gasteiger partial charge is 0.410 e. The van der Waals surface area contributed by atoms with Crippen LogP contribution in [0.4, 0.5) is 9.18 Å². The zero-order valence-electron chi connectivity index (χ0n) is 16.0. The van der Waals surface area contributed by atoms with Crippen molar-refractivity contribution < 1.29 is 18.7 Å². The number of hydrogen-bond acceptors (Lipinski definition) is 4. The average molecular weight is 451 g/mol. The molecule has 1 aliphatic heterocycles. The fourth-order valence-electron chi connectivity index (χ4n) is 3.25. The molecule has 28 heavy (non-hydrogen) atoms. The number of nitrogens with zero attached hydrogens (tertiary/aromatic N) is 2. The molecule has 0 spiro atoms. The van der Waals surface area contributed by atoms with Gasteiger partial charge >= 0.3 is 6.09 Å². The number of hydrogen-bond donors (Lipinski definition) is 0. The van der Waals surface area contributed by atoms with Crippen molar-refractivity contribution in [2.45, 2.75) is 38.1 Å². The number of carbonyl (C=O) groups is 1. The second kappa shape index (κ2) is 9.01. The van der Waals surface area contributed by atoms with Crippen LogP contribution < -0.4 is 0 Å². The van der Waals surface area contributed by atoms with Crippen LogP contribution in [0.3, 0.4) is 0 Å². The zero-order valence-corrected chi connectivity index (χ0v) is 17.6. The number of ether oxygens (including phenoxy) is 2. The molecule has 0 bridgehead atoms. The third kappa shape index (κ3) is 4.70. The van der Waals surface area contributed by atoms with Crippen molar-refractivity contribution in [1.29, 1.82) is 0 Å². The highest BCUT2D eigenvalue weighted by molar-refractivity contribution is 9.10. The molecule has 7 heteroatoms. The van der Waals surface area contributed by atoms with E-state index in [1.54, 1.807) is 24.3 Å². The van der Waals surface area contributed by atoms with Gasteiger partial charge in [0.1, 0.15) is 12.3 Å². The summed E-state index contributed by atoms with van der Waals surface area (Å²) in [6, 6.07) is 11.3. The van der Waals surface area contributed by atoms with Gasteiger partial charge in [-0.15, -0.1) is 0 Å². The molecule has 2 aromatic rings. The van der Waals surface area contributed by atoms with Crippen LogP contribution >= 0.6 is 15.9 Å². The number of rotatable bonds is 5. The molecule has 0 unspecified atom stereocenters. The van der Waals surface area contributed by atoms with E-state index in [9.17, 15) is 4.79 Å². The summed E-state index contributed by atoms with van der Waals surface area (Å²) in [5, 5.41) is 0. The van der Waals surface area contributed by atoms with Crippen molar-refractivity contribution in [2.24, 2.45) is 0 Å². The topological polar surface area (TPSA) is 51.7 Å². The number of carbonyl (C=O) groups excluding carboxylic acids is 1. The molecule has 150 valence electrons. The lowest BCUT2D eigenvalue weighted by atomic mass is 9.87. The molecule has 3 rings (SSSR count). The number of methoxy groups -OCH3 is 1. The van der Waals surface area contributed by atoms with Gasteiger partial charge in [-0.1, -0.05) is 30.3 Å². The van der Waals surface area contributed by atoms with Crippen LogP contribution in [-0.2, 0) is 21.7 Å². The normalized spacial score (nSPS) is 17.2. The summed E-state index contributed by atoms with van der Waals surface area (Å²) < 4.78 is 26.9. The number of amides is 1. The predicted octanol–water partition coefficient (Wildman–Crippen LogP) is 5.15. The molecule has 0 aliphatic carbocycles. The molecule has 1 saturated heterocycles. The second-order valence-corrected chi connectivity index (χ2v) is 7.82. The highest BCUT2D eigenvalue weighted by Gasteiger charge is 2.38. The van der Waals surface area contributed by atoms with Crippen molar-refractivity contribution in [3.05, 3.63) is 63.9 Å². The Morgan fingerprint density at radius 1 is 1.32 bits per heavy atom. The Morgan fingerprint density at radius 3 is 2.61 bits per heavy atom. The largest absolute Gasteiger partial charge is 0.445 e. The lowest BCUT2D eigenvalue weighted by molar-refractivity contribution is 0.0388. The molecule has 0 radical (unpaired) electrons. The summed E-state index contributed by atoms with van der Waals surface area (Å²) in [7, 11) is 1.61. The Hall–Kier alpha value is -1.99. The van der Waals surface area contributed by atoms with E-state index in [1.165, 1.54) is 0 Å². The summed E-state index contributed by atoms with van der Waals surface area (Å²) in [5.41, 5.74) is 0.662. The molecule has 1 fully saturated rings. The summed E-state index contributed by atoms with van der Waals surface area (Å²) in [4.78, 5) is 18.2. The molecule has 1 atom stereocenters. The zero-order chi connectivity index (χ0) is 20.1. The fourth-order valence-corrected chi connectivity index (χ4v) is 3.92.